The van der Waals surface area contributed by atoms with E-state index < -0.39 is 0 Å². The second kappa shape index (κ2) is 7.49. The van der Waals surface area contributed by atoms with E-state index in [2.05, 4.69) is 15.3 Å². The number of aromatic hydroxyl groups is 1. The number of phenols is 1. The first-order valence-corrected chi connectivity index (χ1v) is 9.43. The van der Waals surface area contributed by atoms with Crippen LogP contribution in [-0.2, 0) is 0 Å². The van der Waals surface area contributed by atoms with Crippen molar-refractivity contribution in [3.8, 4) is 5.75 Å². The molecule has 2 heterocycles. The molecule has 0 saturated carbocycles. The first-order valence-electron chi connectivity index (χ1n) is 9.05. The third kappa shape index (κ3) is 3.64. The molecule has 5 heteroatoms. The van der Waals surface area contributed by atoms with Crippen LogP contribution in [-0.4, -0.2) is 15.1 Å². The molecule has 0 aliphatic heterocycles. The average Bonchev–Trinajstić information content (AvgIpc) is 2.67. The number of aryl methyl sites for hydroxylation is 2. The molecule has 0 amide bonds. The molecule has 2 aromatic heterocycles. The Balaban J connectivity index is 1.87. The number of fused-ring (bicyclic) bond motifs is 1. The maximum Gasteiger partial charge on any atom is 0.147 e. The number of hydrogen-bond donors (Lipinski definition) is 2. The Kier molecular flexibility index (Phi) is 4.88. The van der Waals surface area contributed by atoms with E-state index in [0.29, 0.717) is 10.5 Å². The topological polar surface area (TPSA) is 58.0 Å². The van der Waals surface area contributed by atoms with Gasteiger partial charge < -0.3 is 10.4 Å². The molecule has 140 valence electrons. The molecule has 4 nitrogen and oxygen atoms in total. The Morgan fingerprint density at radius 2 is 1.82 bits per heavy atom. The summed E-state index contributed by atoms with van der Waals surface area (Å²) in [6.45, 7) is 3.93. The number of pyridine rings is 2. The summed E-state index contributed by atoms with van der Waals surface area (Å²) in [7, 11) is 0. The normalized spacial score (nSPS) is 12.1. The standard InChI is InChI=1S/C23H20ClN3O/c1-14-10-11-25-20(12-14)27-21(17-4-3-5-18(24)13-17)19-9-8-16-7-6-15(2)26-22(16)23(19)28/h3-13,21,28H,1-2H3,(H,25,27)/t21-/m1/s1. The summed E-state index contributed by atoms with van der Waals surface area (Å²) < 4.78 is 0. The fraction of sp³-hybridized carbons (Fsp3) is 0.130. The monoisotopic (exact) mass is 389 g/mol. The molecule has 0 radical (unpaired) electrons. The lowest BCUT2D eigenvalue weighted by molar-refractivity contribution is 0.471. The molecule has 0 saturated heterocycles. The number of nitrogens with one attached hydrogen (secondary N) is 1. The van der Waals surface area contributed by atoms with Crippen molar-refractivity contribution in [2.45, 2.75) is 19.9 Å². The van der Waals surface area contributed by atoms with Gasteiger partial charge in [0.05, 0.1) is 6.04 Å². The highest BCUT2D eigenvalue weighted by atomic mass is 35.5. The second-order valence-electron chi connectivity index (χ2n) is 6.88. The van der Waals surface area contributed by atoms with Crippen LogP contribution in [0.2, 0.25) is 5.02 Å². The third-order valence-electron chi connectivity index (χ3n) is 4.71. The average molecular weight is 390 g/mol. The van der Waals surface area contributed by atoms with Crippen molar-refractivity contribution < 1.29 is 5.11 Å². The largest absolute Gasteiger partial charge is 0.505 e. The molecule has 0 unspecified atom stereocenters. The Hall–Kier alpha value is -3.11. The van der Waals surface area contributed by atoms with Crippen molar-refractivity contribution in [2.75, 3.05) is 5.32 Å². The predicted molar refractivity (Wildman–Crippen MR) is 114 cm³/mol. The van der Waals surface area contributed by atoms with Crippen LogP contribution in [0.4, 0.5) is 5.82 Å². The zero-order valence-corrected chi connectivity index (χ0v) is 16.4. The predicted octanol–water partition coefficient (Wildman–Crippen LogP) is 5.81. The number of rotatable bonds is 4. The van der Waals surface area contributed by atoms with Crippen molar-refractivity contribution >= 4 is 28.3 Å². The lowest BCUT2D eigenvalue weighted by Gasteiger charge is -2.22. The highest BCUT2D eigenvalue weighted by molar-refractivity contribution is 6.30. The highest BCUT2D eigenvalue weighted by Gasteiger charge is 2.21. The summed E-state index contributed by atoms with van der Waals surface area (Å²) in [5, 5.41) is 16.0. The number of nitrogens with zero attached hydrogens (tertiary/aromatic N) is 2. The molecule has 0 aliphatic carbocycles. The molecule has 2 aromatic carbocycles. The second-order valence-corrected chi connectivity index (χ2v) is 7.31. The summed E-state index contributed by atoms with van der Waals surface area (Å²) in [4.78, 5) is 8.95. The summed E-state index contributed by atoms with van der Waals surface area (Å²) in [5.41, 5.74) is 4.19. The van der Waals surface area contributed by atoms with E-state index in [1.165, 1.54) is 0 Å². The molecule has 0 aliphatic rings. The smallest absolute Gasteiger partial charge is 0.147 e. The zero-order chi connectivity index (χ0) is 19.7. The Labute approximate surface area is 168 Å². The number of benzene rings is 2. The van der Waals surface area contributed by atoms with E-state index in [0.717, 1.165) is 33.6 Å². The van der Waals surface area contributed by atoms with Gasteiger partial charge in [0.2, 0.25) is 0 Å². The Morgan fingerprint density at radius 1 is 1.00 bits per heavy atom. The van der Waals surface area contributed by atoms with E-state index in [1.807, 2.05) is 74.5 Å². The molecule has 4 aromatic rings. The van der Waals surface area contributed by atoms with Gasteiger partial charge in [-0.2, -0.15) is 0 Å². The number of hydrogen-bond acceptors (Lipinski definition) is 4. The van der Waals surface area contributed by atoms with Gasteiger partial charge in [0, 0.05) is 27.9 Å². The molecule has 0 fully saturated rings. The van der Waals surface area contributed by atoms with E-state index >= 15 is 0 Å². The fourth-order valence-electron chi connectivity index (χ4n) is 3.31. The minimum atomic E-state index is -0.334. The molecule has 28 heavy (non-hydrogen) atoms. The van der Waals surface area contributed by atoms with Gasteiger partial charge in [0.1, 0.15) is 17.1 Å². The van der Waals surface area contributed by atoms with Crippen LogP contribution in [0, 0.1) is 13.8 Å². The molecular weight excluding hydrogens is 370 g/mol. The molecule has 0 bridgehead atoms. The number of aromatic nitrogens is 2. The quantitative estimate of drug-likeness (QED) is 0.462. The van der Waals surface area contributed by atoms with Crippen molar-refractivity contribution in [3.63, 3.8) is 0 Å². The van der Waals surface area contributed by atoms with E-state index in [9.17, 15) is 5.11 Å². The highest BCUT2D eigenvalue weighted by Crippen LogP contribution is 2.37. The van der Waals surface area contributed by atoms with Crippen LogP contribution < -0.4 is 5.32 Å². The minimum absolute atomic E-state index is 0.159. The maximum atomic E-state index is 11.1. The molecule has 1 atom stereocenters. The fourth-order valence-corrected chi connectivity index (χ4v) is 3.51. The lowest BCUT2D eigenvalue weighted by atomic mass is 9.96. The summed E-state index contributed by atoms with van der Waals surface area (Å²) in [6.07, 6.45) is 1.76. The Bertz CT molecular complexity index is 1160. The summed E-state index contributed by atoms with van der Waals surface area (Å²) >= 11 is 6.24. The Morgan fingerprint density at radius 3 is 2.61 bits per heavy atom. The van der Waals surface area contributed by atoms with Crippen LogP contribution >= 0.6 is 11.6 Å². The third-order valence-corrected chi connectivity index (χ3v) is 4.94. The van der Waals surface area contributed by atoms with E-state index in [-0.39, 0.29) is 11.8 Å². The van der Waals surface area contributed by atoms with Gasteiger partial charge >= 0.3 is 0 Å². The molecular formula is C23H20ClN3O. The number of phenolic OH excluding ortho intramolecular Hbond substituents is 1. The number of halogens is 1. The van der Waals surface area contributed by atoms with Crippen LogP contribution in [0.1, 0.15) is 28.4 Å². The van der Waals surface area contributed by atoms with Gasteiger partial charge in [-0.15, -0.1) is 0 Å². The summed E-state index contributed by atoms with van der Waals surface area (Å²) in [5.74, 6) is 0.882. The SMILES string of the molecule is Cc1ccnc(N[C@H](c2cccc(Cl)c2)c2ccc3ccc(C)nc3c2O)c1. The van der Waals surface area contributed by atoms with Gasteiger partial charge in [0.15, 0.2) is 0 Å². The van der Waals surface area contributed by atoms with Crippen LogP contribution in [0.5, 0.6) is 5.75 Å². The van der Waals surface area contributed by atoms with Crippen LogP contribution in [0.3, 0.4) is 0 Å². The van der Waals surface area contributed by atoms with E-state index in [4.69, 9.17) is 11.6 Å². The zero-order valence-electron chi connectivity index (χ0n) is 15.6. The van der Waals surface area contributed by atoms with Gasteiger partial charge in [-0.25, -0.2) is 9.97 Å². The van der Waals surface area contributed by atoms with Crippen molar-refractivity contribution in [3.05, 3.63) is 94.3 Å². The first-order chi connectivity index (χ1) is 13.5. The molecule has 4 rings (SSSR count). The first kappa shape index (κ1) is 18.3. The van der Waals surface area contributed by atoms with Crippen molar-refractivity contribution in [1.29, 1.82) is 0 Å². The van der Waals surface area contributed by atoms with Crippen LogP contribution in [0.15, 0.2) is 66.9 Å². The van der Waals surface area contributed by atoms with Gasteiger partial charge in [-0.3, -0.25) is 0 Å². The van der Waals surface area contributed by atoms with Crippen LogP contribution in [0.25, 0.3) is 10.9 Å². The van der Waals surface area contributed by atoms with Crippen molar-refractivity contribution in [1.82, 2.24) is 9.97 Å². The lowest BCUT2D eigenvalue weighted by Crippen LogP contribution is -2.14. The van der Waals surface area contributed by atoms with Crippen molar-refractivity contribution in [2.24, 2.45) is 0 Å². The minimum Gasteiger partial charge on any atom is -0.505 e. The maximum absolute atomic E-state index is 11.1. The molecule has 0 spiro atoms. The summed E-state index contributed by atoms with van der Waals surface area (Å²) in [6, 6.07) is 19.0. The molecule has 2 N–H and O–H groups in total. The van der Waals surface area contributed by atoms with Gasteiger partial charge in [-0.05, 0) is 55.3 Å². The van der Waals surface area contributed by atoms with E-state index in [1.54, 1.807) is 6.20 Å². The number of anilines is 1. The van der Waals surface area contributed by atoms with Gasteiger partial charge in [0.25, 0.3) is 0 Å². The van der Waals surface area contributed by atoms with Gasteiger partial charge in [-0.1, -0.05) is 41.9 Å².